The van der Waals surface area contributed by atoms with E-state index in [4.69, 9.17) is 10.6 Å². The third-order valence-corrected chi connectivity index (χ3v) is 5.35. The fraction of sp³-hybridized carbons (Fsp3) is 0.250. The molecule has 0 bridgehead atoms. The van der Waals surface area contributed by atoms with Crippen LogP contribution >= 0.6 is 11.8 Å². The van der Waals surface area contributed by atoms with Crippen molar-refractivity contribution in [1.82, 2.24) is 20.2 Å². The van der Waals surface area contributed by atoms with E-state index in [1.54, 1.807) is 26.2 Å². The van der Waals surface area contributed by atoms with Gasteiger partial charge in [-0.2, -0.15) is 0 Å². The molecule has 2 aromatic carbocycles. The first-order valence-electron chi connectivity index (χ1n) is 9.01. The van der Waals surface area contributed by atoms with Crippen LogP contribution in [0.2, 0.25) is 0 Å². The van der Waals surface area contributed by atoms with Gasteiger partial charge in [-0.05, 0) is 55.3 Å². The lowest BCUT2D eigenvalue weighted by atomic mass is 10.1. The maximum absolute atomic E-state index is 12.9. The van der Waals surface area contributed by atoms with Crippen LogP contribution in [0, 0.1) is 5.82 Å². The topological polar surface area (TPSA) is 95.1 Å². The third-order valence-electron chi connectivity index (χ3n) is 4.29. The SMILES string of the molecule is COc1ccc(-c2nnc(S[C@H](C)C(=O)NCCc3ccc(F)cc3)n2N)cc1. The molecule has 9 heteroatoms. The van der Waals surface area contributed by atoms with Crippen LogP contribution in [-0.2, 0) is 11.2 Å². The summed E-state index contributed by atoms with van der Waals surface area (Å²) in [6.45, 7) is 2.24. The van der Waals surface area contributed by atoms with E-state index in [1.807, 2.05) is 24.3 Å². The monoisotopic (exact) mass is 415 g/mol. The molecule has 0 saturated carbocycles. The maximum Gasteiger partial charge on any atom is 0.233 e. The van der Waals surface area contributed by atoms with Crippen molar-refractivity contribution in [3.63, 3.8) is 0 Å². The zero-order valence-corrected chi connectivity index (χ0v) is 16.9. The van der Waals surface area contributed by atoms with E-state index >= 15 is 0 Å². The molecule has 0 aliphatic rings. The number of nitrogens with two attached hydrogens (primary N) is 1. The number of amides is 1. The highest BCUT2D eigenvalue weighted by molar-refractivity contribution is 8.00. The Labute approximate surface area is 172 Å². The third kappa shape index (κ3) is 5.26. The zero-order chi connectivity index (χ0) is 20.8. The highest BCUT2D eigenvalue weighted by Crippen LogP contribution is 2.25. The summed E-state index contributed by atoms with van der Waals surface area (Å²) in [5.74, 6) is 6.94. The molecule has 3 rings (SSSR count). The Morgan fingerprint density at radius 2 is 1.90 bits per heavy atom. The molecule has 1 aromatic heterocycles. The molecule has 0 aliphatic carbocycles. The number of nitrogen functional groups attached to an aromatic ring is 1. The average Bonchev–Trinajstić information content (AvgIpc) is 3.09. The summed E-state index contributed by atoms with van der Waals surface area (Å²) in [6, 6.07) is 13.5. The lowest BCUT2D eigenvalue weighted by Crippen LogP contribution is -2.32. The molecule has 0 aliphatic heterocycles. The number of benzene rings is 2. The van der Waals surface area contributed by atoms with Gasteiger partial charge in [0.25, 0.3) is 0 Å². The van der Waals surface area contributed by atoms with E-state index in [1.165, 1.54) is 28.6 Å². The summed E-state index contributed by atoms with van der Waals surface area (Å²) >= 11 is 1.23. The van der Waals surface area contributed by atoms with Gasteiger partial charge in [-0.3, -0.25) is 4.79 Å². The first-order chi connectivity index (χ1) is 14.0. The van der Waals surface area contributed by atoms with Gasteiger partial charge in [0.15, 0.2) is 5.82 Å². The van der Waals surface area contributed by atoms with Crippen molar-refractivity contribution in [2.45, 2.75) is 23.8 Å². The number of carbonyl (C=O) groups excluding carboxylic acids is 1. The number of ether oxygens (including phenoxy) is 1. The number of aromatic nitrogens is 3. The van der Waals surface area contributed by atoms with Gasteiger partial charge >= 0.3 is 0 Å². The molecule has 1 heterocycles. The van der Waals surface area contributed by atoms with Gasteiger partial charge in [-0.25, -0.2) is 9.07 Å². The lowest BCUT2D eigenvalue weighted by molar-refractivity contribution is -0.120. The molecule has 0 fully saturated rings. The summed E-state index contributed by atoms with van der Waals surface area (Å²) in [4.78, 5) is 12.3. The fourth-order valence-corrected chi connectivity index (χ4v) is 3.43. The van der Waals surface area contributed by atoms with Gasteiger partial charge in [0.05, 0.1) is 12.4 Å². The Kier molecular flexibility index (Phi) is 6.71. The van der Waals surface area contributed by atoms with Crippen molar-refractivity contribution in [2.75, 3.05) is 19.5 Å². The predicted octanol–water partition coefficient (Wildman–Crippen LogP) is 2.65. The van der Waals surface area contributed by atoms with E-state index in [9.17, 15) is 9.18 Å². The fourth-order valence-electron chi connectivity index (χ4n) is 2.63. The number of hydrogen-bond acceptors (Lipinski definition) is 6. The Bertz CT molecular complexity index is 960. The number of carbonyl (C=O) groups is 1. The summed E-state index contributed by atoms with van der Waals surface area (Å²) in [7, 11) is 1.60. The molecule has 1 amide bonds. The second-order valence-electron chi connectivity index (χ2n) is 6.33. The molecule has 7 nitrogen and oxygen atoms in total. The molecule has 3 aromatic rings. The van der Waals surface area contributed by atoms with Gasteiger partial charge in [0, 0.05) is 12.1 Å². The summed E-state index contributed by atoms with van der Waals surface area (Å²) in [5, 5.41) is 11.1. The van der Waals surface area contributed by atoms with Crippen LogP contribution in [0.1, 0.15) is 12.5 Å². The normalized spacial score (nSPS) is 11.8. The van der Waals surface area contributed by atoms with Gasteiger partial charge in [0.1, 0.15) is 11.6 Å². The molecule has 0 unspecified atom stereocenters. The van der Waals surface area contributed by atoms with E-state index in [2.05, 4.69) is 15.5 Å². The standard InChI is InChI=1S/C20H22FN5O2S/c1-13(19(27)23-12-11-14-3-7-16(21)8-4-14)29-20-25-24-18(26(20)22)15-5-9-17(28-2)10-6-15/h3-10,13H,11-12,22H2,1-2H3,(H,23,27)/t13-/m1/s1. The van der Waals surface area contributed by atoms with Gasteiger partial charge in [-0.15, -0.1) is 10.2 Å². The molecular weight excluding hydrogens is 393 g/mol. The maximum atomic E-state index is 12.9. The number of methoxy groups -OCH3 is 1. The molecule has 3 N–H and O–H groups in total. The molecule has 152 valence electrons. The van der Waals surface area contributed by atoms with Crippen LogP contribution in [0.3, 0.4) is 0 Å². The summed E-state index contributed by atoms with van der Waals surface area (Å²) < 4.78 is 19.4. The first kappa shape index (κ1) is 20.7. The molecular formula is C20H22FN5O2S. The quantitative estimate of drug-likeness (QED) is 0.434. The number of thioether (sulfide) groups is 1. The average molecular weight is 415 g/mol. The predicted molar refractivity (Wildman–Crippen MR) is 111 cm³/mol. The smallest absolute Gasteiger partial charge is 0.233 e. The summed E-state index contributed by atoms with van der Waals surface area (Å²) in [6.07, 6.45) is 0.623. The van der Waals surface area contributed by atoms with Crippen molar-refractivity contribution in [3.8, 4) is 17.1 Å². The molecule has 1 atom stereocenters. The second-order valence-corrected chi connectivity index (χ2v) is 7.64. The van der Waals surface area contributed by atoms with Crippen molar-refractivity contribution < 1.29 is 13.9 Å². The van der Waals surface area contributed by atoms with Crippen molar-refractivity contribution in [2.24, 2.45) is 0 Å². The Balaban J connectivity index is 1.55. The second kappa shape index (κ2) is 9.42. The van der Waals surface area contributed by atoms with Crippen LogP contribution in [-0.4, -0.2) is 39.7 Å². The number of halogens is 1. The molecule has 29 heavy (non-hydrogen) atoms. The minimum Gasteiger partial charge on any atom is -0.497 e. The van der Waals surface area contributed by atoms with Crippen molar-refractivity contribution in [3.05, 3.63) is 59.9 Å². The number of nitrogens with one attached hydrogen (secondary N) is 1. The summed E-state index contributed by atoms with van der Waals surface area (Å²) in [5.41, 5.74) is 1.75. The van der Waals surface area contributed by atoms with Gasteiger partial charge in [-0.1, -0.05) is 23.9 Å². The zero-order valence-electron chi connectivity index (χ0n) is 16.1. The van der Waals surface area contributed by atoms with Crippen molar-refractivity contribution in [1.29, 1.82) is 0 Å². The van der Waals surface area contributed by atoms with Gasteiger partial charge in [0.2, 0.25) is 11.1 Å². The van der Waals surface area contributed by atoms with E-state index in [0.29, 0.717) is 23.9 Å². The Morgan fingerprint density at radius 3 is 2.55 bits per heavy atom. The van der Waals surface area contributed by atoms with Crippen LogP contribution in [0.15, 0.2) is 53.7 Å². The van der Waals surface area contributed by atoms with Crippen LogP contribution in [0.4, 0.5) is 4.39 Å². The van der Waals surface area contributed by atoms with Crippen molar-refractivity contribution >= 4 is 17.7 Å². The first-order valence-corrected chi connectivity index (χ1v) is 9.89. The van der Waals surface area contributed by atoms with E-state index < -0.39 is 5.25 Å². The molecule has 0 radical (unpaired) electrons. The highest BCUT2D eigenvalue weighted by atomic mass is 32.2. The minimum atomic E-state index is -0.404. The Morgan fingerprint density at radius 1 is 1.21 bits per heavy atom. The molecule has 0 spiro atoms. The minimum absolute atomic E-state index is 0.133. The number of hydrogen-bond donors (Lipinski definition) is 2. The van der Waals surface area contributed by atoms with Crippen LogP contribution < -0.4 is 15.9 Å². The number of nitrogens with zero attached hydrogens (tertiary/aromatic N) is 3. The van der Waals surface area contributed by atoms with Crippen LogP contribution in [0.5, 0.6) is 5.75 Å². The van der Waals surface area contributed by atoms with Crippen LogP contribution in [0.25, 0.3) is 11.4 Å². The largest absolute Gasteiger partial charge is 0.497 e. The van der Waals surface area contributed by atoms with Gasteiger partial charge < -0.3 is 15.9 Å². The lowest BCUT2D eigenvalue weighted by Gasteiger charge is -2.11. The molecule has 0 saturated heterocycles. The van der Waals surface area contributed by atoms with E-state index in [0.717, 1.165) is 16.9 Å². The van der Waals surface area contributed by atoms with E-state index in [-0.39, 0.29) is 11.7 Å². The Hall–Kier alpha value is -3.07. The highest BCUT2D eigenvalue weighted by Gasteiger charge is 2.19. The number of rotatable bonds is 8.